The number of H-pyrrole nitrogens is 1. The molecule has 9 nitrogen and oxygen atoms in total. The standard InChI is InChI=1S/C14H15N7O2/c1-8(2)17-13-11-12(16-7-15-11)19-14(20-13)18-9-3-5-10(6-4-9)21(22)23/h3-8H,1-2H3,(H3,15,16,17,18,19,20). The van der Waals surface area contributed by atoms with Crippen molar-refractivity contribution in [3.63, 3.8) is 0 Å². The number of aromatic nitrogens is 4. The highest BCUT2D eigenvalue weighted by Gasteiger charge is 2.11. The molecule has 3 N–H and O–H groups in total. The third kappa shape index (κ3) is 3.18. The topological polar surface area (TPSA) is 122 Å². The molecule has 0 amide bonds. The average Bonchev–Trinajstić information content (AvgIpc) is 2.96. The number of fused-ring (bicyclic) bond motifs is 1. The summed E-state index contributed by atoms with van der Waals surface area (Å²) in [6, 6.07) is 6.24. The number of nitro groups is 1. The van der Waals surface area contributed by atoms with E-state index in [1.807, 2.05) is 13.8 Å². The summed E-state index contributed by atoms with van der Waals surface area (Å²) < 4.78 is 0. The predicted molar refractivity (Wildman–Crippen MR) is 86.8 cm³/mol. The molecule has 23 heavy (non-hydrogen) atoms. The monoisotopic (exact) mass is 313 g/mol. The zero-order valence-electron chi connectivity index (χ0n) is 12.6. The Kier molecular flexibility index (Phi) is 3.75. The van der Waals surface area contributed by atoms with E-state index in [-0.39, 0.29) is 11.7 Å². The van der Waals surface area contributed by atoms with Gasteiger partial charge in [0.15, 0.2) is 11.5 Å². The lowest BCUT2D eigenvalue weighted by atomic mass is 10.3. The molecular formula is C14H15N7O2. The molecule has 3 rings (SSSR count). The molecule has 118 valence electrons. The van der Waals surface area contributed by atoms with Crippen molar-refractivity contribution in [1.29, 1.82) is 0 Å². The third-order valence-electron chi connectivity index (χ3n) is 3.05. The number of benzene rings is 1. The summed E-state index contributed by atoms with van der Waals surface area (Å²) in [6.45, 7) is 4.02. The Morgan fingerprint density at radius 1 is 1.22 bits per heavy atom. The van der Waals surface area contributed by atoms with E-state index in [1.54, 1.807) is 18.5 Å². The SMILES string of the molecule is CC(C)Nc1nc(Nc2ccc([N+](=O)[O-])cc2)nc2nc[nH]c12. The number of anilines is 3. The number of hydrogen-bond donors (Lipinski definition) is 3. The lowest BCUT2D eigenvalue weighted by Crippen LogP contribution is -2.12. The van der Waals surface area contributed by atoms with Crippen LogP contribution in [-0.4, -0.2) is 30.9 Å². The quantitative estimate of drug-likeness (QED) is 0.489. The Labute approximate surface area is 131 Å². The first-order valence-electron chi connectivity index (χ1n) is 7.02. The molecule has 2 heterocycles. The second-order valence-corrected chi connectivity index (χ2v) is 5.22. The first kappa shape index (κ1) is 14.7. The highest BCUT2D eigenvalue weighted by atomic mass is 16.6. The van der Waals surface area contributed by atoms with Crippen molar-refractivity contribution in [3.05, 3.63) is 40.7 Å². The molecule has 0 aliphatic rings. The molecule has 0 aliphatic heterocycles. The maximum absolute atomic E-state index is 10.7. The second-order valence-electron chi connectivity index (χ2n) is 5.22. The normalized spacial score (nSPS) is 10.9. The molecule has 9 heteroatoms. The van der Waals surface area contributed by atoms with Crippen LogP contribution in [0.25, 0.3) is 11.2 Å². The van der Waals surface area contributed by atoms with Crippen molar-refractivity contribution < 1.29 is 4.92 Å². The summed E-state index contributed by atoms with van der Waals surface area (Å²) >= 11 is 0. The molecule has 2 aromatic heterocycles. The van der Waals surface area contributed by atoms with Crippen LogP contribution in [-0.2, 0) is 0 Å². The minimum absolute atomic E-state index is 0.0291. The van der Waals surface area contributed by atoms with Gasteiger partial charge in [-0.1, -0.05) is 0 Å². The van der Waals surface area contributed by atoms with Crippen LogP contribution in [0.3, 0.4) is 0 Å². The molecule has 1 aromatic carbocycles. The lowest BCUT2D eigenvalue weighted by Gasteiger charge is -2.11. The van der Waals surface area contributed by atoms with Crippen LogP contribution in [0.1, 0.15) is 13.8 Å². The van der Waals surface area contributed by atoms with E-state index in [0.717, 1.165) is 5.52 Å². The van der Waals surface area contributed by atoms with E-state index < -0.39 is 4.92 Å². The number of nitrogens with one attached hydrogen (secondary N) is 3. The summed E-state index contributed by atoms with van der Waals surface area (Å²) in [5.74, 6) is 1.01. The summed E-state index contributed by atoms with van der Waals surface area (Å²) in [5.41, 5.74) is 1.95. The van der Waals surface area contributed by atoms with Crippen LogP contribution in [0.15, 0.2) is 30.6 Å². The number of non-ortho nitro benzene ring substituents is 1. The molecule has 0 unspecified atom stereocenters. The van der Waals surface area contributed by atoms with E-state index in [1.165, 1.54) is 12.1 Å². The van der Waals surface area contributed by atoms with Crippen molar-refractivity contribution in [3.8, 4) is 0 Å². The van der Waals surface area contributed by atoms with Crippen molar-refractivity contribution in [1.82, 2.24) is 19.9 Å². The van der Waals surface area contributed by atoms with E-state index in [0.29, 0.717) is 23.1 Å². The molecule has 0 saturated heterocycles. The Morgan fingerprint density at radius 3 is 2.61 bits per heavy atom. The molecule has 0 fully saturated rings. The third-order valence-corrected chi connectivity index (χ3v) is 3.05. The second kappa shape index (κ2) is 5.87. The van der Waals surface area contributed by atoms with E-state index in [4.69, 9.17) is 0 Å². The smallest absolute Gasteiger partial charge is 0.269 e. The number of aromatic amines is 1. The fraction of sp³-hybridized carbons (Fsp3) is 0.214. The van der Waals surface area contributed by atoms with Gasteiger partial charge in [0.25, 0.3) is 5.69 Å². The van der Waals surface area contributed by atoms with E-state index >= 15 is 0 Å². The lowest BCUT2D eigenvalue weighted by molar-refractivity contribution is -0.384. The Balaban J connectivity index is 1.91. The largest absolute Gasteiger partial charge is 0.366 e. The van der Waals surface area contributed by atoms with Crippen molar-refractivity contribution in [2.24, 2.45) is 0 Å². The predicted octanol–water partition coefficient (Wildman–Crippen LogP) is 2.83. The minimum atomic E-state index is -0.444. The maximum atomic E-state index is 10.7. The van der Waals surface area contributed by atoms with Gasteiger partial charge >= 0.3 is 0 Å². The molecular weight excluding hydrogens is 298 g/mol. The maximum Gasteiger partial charge on any atom is 0.269 e. The van der Waals surface area contributed by atoms with Gasteiger partial charge in [0.1, 0.15) is 5.52 Å². The van der Waals surface area contributed by atoms with Crippen LogP contribution in [0, 0.1) is 10.1 Å². The molecule has 0 atom stereocenters. The van der Waals surface area contributed by atoms with Crippen LogP contribution in [0.4, 0.5) is 23.1 Å². The van der Waals surface area contributed by atoms with Crippen molar-refractivity contribution in [2.45, 2.75) is 19.9 Å². The minimum Gasteiger partial charge on any atom is -0.366 e. The fourth-order valence-corrected chi connectivity index (χ4v) is 2.06. The van der Waals surface area contributed by atoms with Gasteiger partial charge in [-0.3, -0.25) is 10.1 Å². The van der Waals surface area contributed by atoms with Gasteiger partial charge in [-0.25, -0.2) is 4.98 Å². The zero-order chi connectivity index (χ0) is 16.4. The highest BCUT2D eigenvalue weighted by Crippen LogP contribution is 2.22. The molecule has 0 bridgehead atoms. The van der Waals surface area contributed by atoms with Crippen molar-refractivity contribution >= 4 is 34.3 Å². The molecule has 0 radical (unpaired) electrons. The van der Waals surface area contributed by atoms with Gasteiger partial charge < -0.3 is 15.6 Å². The van der Waals surface area contributed by atoms with Crippen molar-refractivity contribution in [2.75, 3.05) is 10.6 Å². The number of nitro benzene ring substituents is 1. The summed E-state index contributed by atoms with van der Waals surface area (Å²) in [4.78, 5) is 26.1. The van der Waals surface area contributed by atoms with E-state index in [9.17, 15) is 10.1 Å². The van der Waals surface area contributed by atoms with Crippen LogP contribution < -0.4 is 10.6 Å². The van der Waals surface area contributed by atoms with Gasteiger partial charge in [0.05, 0.1) is 11.3 Å². The van der Waals surface area contributed by atoms with Crippen LogP contribution in [0.5, 0.6) is 0 Å². The van der Waals surface area contributed by atoms with Crippen LogP contribution in [0.2, 0.25) is 0 Å². The Hall–Kier alpha value is -3.23. The fourth-order valence-electron chi connectivity index (χ4n) is 2.06. The number of nitrogens with zero attached hydrogens (tertiary/aromatic N) is 4. The van der Waals surface area contributed by atoms with Gasteiger partial charge in [0.2, 0.25) is 5.95 Å². The summed E-state index contributed by atoms with van der Waals surface area (Å²) in [6.07, 6.45) is 1.56. The molecule has 0 aliphatic carbocycles. The number of rotatable bonds is 5. The molecule has 0 saturated carbocycles. The summed E-state index contributed by atoms with van der Waals surface area (Å²) in [5, 5.41) is 16.9. The van der Waals surface area contributed by atoms with Gasteiger partial charge in [-0.2, -0.15) is 9.97 Å². The van der Waals surface area contributed by atoms with Gasteiger partial charge in [-0.05, 0) is 26.0 Å². The molecule has 3 aromatic rings. The first-order valence-corrected chi connectivity index (χ1v) is 7.02. The number of hydrogen-bond acceptors (Lipinski definition) is 7. The Bertz CT molecular complexity index is 842. The number of imidazole rings is 1. The zero-order valence-corrected chi connectivity index (χ0v) is 12.6. The van der Waals surface area contributed by atoms with Gasteiger partial charge in [-0.15, -0.1) is 0 Å². The first-order chi connectivity index (χ1) is 11.0. The summed E-state index contributed by atoms with van der Waals surface area (Å²) in [7, 11) is 0. The Morgan fingerprint density at radius 2 is 1.96 bits per heavy atom. The van der Waals surface area contributed by atoms with Crippen LogP contribution >= 0.6 is 0 Å². The highest BCUT2D eigenvalue weighted by molar-refractivity contribution is 5.84. The molecule has 0 spiro atoms. The van der Waals surface area contributed by atoms with E-state index in [2.05, 4.69) is 30.6 Å². The average molecular weight is 313 g/mol. The van der Waals surface area contributed by atoms with Gasteiger partial charge in [0, 0.05) is 23.9 Å².